The normalized spacial score (nSPS) is 21.4. The summed E-state index contributed by atoms with van der Waals surface area (Å²) in [7, 11) is 0. The summed E-state index contributed by atoms with van der Waals surface area (Å²) in [5.41, 5.74) is 1.11. The molecule has 1 aromatic rings. The van der Waals surface area contributed by atoms with Crippen molar-refractivity contribution in [3.8, 4) is 0 Å². The Kier molecular flexibility index (Phi) is 5.44. The lowest BCUT2D eigenvalue weighted by Crippen LogP contribution is -3.19. The standard InChI is InChI=1S/C18H26ClN3O/c1-14(18(23)20-15-6-2-3-7-15)21-10-12-22(13-11-21)17-9-5-4-8-16(17)19/h4-5,8-9,14-15H,2-3,6-7,10-13H2,1H3,(H,20,23)/p+1/t14-/m1/s1. The van der Waals surface area contributed by atoms with Crippen LogP contribution in [0.2, 0.25) is 5.02 Å². The molecule has 1 aromatic carbocycles. The molecule has 0 spiro atoms. The van der Waals surface area contributed by atoms with Gasteiger partial charge >= 0.3 is 0 Å². The van der Waals surface area contributed by atoms with Crippen LogP contribution in [-0.2, 0) is 4.79 Å². The van der Waals surface area contributed by atoms with E-state index in [9.17, 15) is 4.79 Å². The van der Waals surface area contributed by atoms with E-state index in [0.29, 0.717) is 6.04 Å². The zero-order valence-corrected chi connectivity index (χ0v) is 14.6. The molecule has 1 amide bonds. The summed E-state index contributed by atoms with van der Waals surface area (Å²) in [6, 6.07) is 8.44. The van der Waals surface area contributed by atoms with Crippen molar-refractivity contribution >= 4 is 23.2 Å². The lowest BCUT2D eigenvalue weighted by atomic mass is 10.1. The van der Waals surface area contributed by atoms with E-state index >= 15 is 0 Å². The number of anilines is 1. The summed E-state index contributed by atoms with van der Waals surface area (Å²) in [6.45, 7) is 5.90. The molecule has 126 valence electrons. The molecule has 2 fully saturated rings. The van der Waals surface area contributed by atoms with Crippen molar-refractivity contribution in [3.05, 3.63) is 29.3 Å². The summed E-state index contributed by atoms with van der Waals surface area (Å²) < 4.78 is 0. The molecule has 1 aliphatic carbocycles. The van der Waals surface area contributed by atoms with Gasteiger partial charge in [0.2, 0.25) is 0 Å². The molecule has 0 unspecified atom stereocenters. The maximum absolute atomic E-state index is 12.4. The average molecular weight is 337 g/mol. The van der Waals surface area contributed by atoms with Crippen LogP contribution in [0.5, 0.6) is 0 Å². The van der Waals surface area contributed by atoms with E-state index in [1.807, 2.05) is 18.2 Å². The molecule has 1 saturated heterocycles. The SMILES string of the molecule is C[C@H](C(=O)NC1CCCC1)[NH+]1CCN(c2ccccc2Cl)CC1. The number of amides is 1. The second-order valence-corrected chi connectivity index (χ2v) is 7.22. The molecule has 2 aliphatic rings. The smallest absolute Gasteiger partial charge is 0.278 e. The van der Waals surface area contributed by atoms with Crippen LogP contribution in [0, 0.1) is 0 Å². The number of rotatable bonds is 4. The lowest BCUT2D eigenvalue weighted by Gasteiger charge is -2.36. The van der Waals surface area contributed by atoms with Crippen LogP contribution in [0.4, 0.5) is 5.69 Å². The summed E-state index contributed by atoms with van der Waals surface area (Å²) in [4.78, 5) is 16.1. The third-order valence-corrected chi connectivity index (χ3v) is 5.63. The van der Waals surface area contributed by atoms with Crippen molar-refractivity contribution in [3.63, 3.8) is 0 Å². The average Bonchev–Trinajstić information content (AvgIpc) is 3.08. The largest absolute Gasteiger partial charge is 0.359 e. The molecule has 1 atom stereocenters. The highest BCUT2D eigenvalue weighted by molar-refractivity contribution is 6.33. The Balaban J connectivity index is 1.51. The molecule has 4 nitrogen and oxygen atoms in total. The Morgan fingerprint density at radius 1 is 1.26 bits per heavy atom. The number of hydrogen-bond acceptors (Lipinski definition) is 2. The molecule has 5 heteroatoms. The van der Waals surface area contributed by atoms with Gasteiger partial charge < -0.3 is 15.1 Å². The maximum atomic E-state index is 12.4. The molecule has 0 bridgehead atoms. The maximum Gasteiger partial charge on any atom is 0.278 e. The van der Waals surface area contributed by atoms with Crippen LogP contribution < -0.4 is 15.1 Å². The molecule has 0 aromatic heterocycles. The number of carbonyl (C=O) groups excluding carboxylic acids is 1. The van der Waals surface area contributed by atoms with Crippen molar-refractivity contribution in [1.29, 1.82) is 0 Å². The molecule has 1 saturated carbocycles. The van der Waals surface area contributed by atoms with Gasteiger partial charge in [-0.3, -0.25) is 4.79 Å². The predicted molar refractivity (Wildman–Crippen MR) is 94.2 cm³/mol. The predicted octanol–water partition coefficient (Wildman–Crippen LogP) is 1.49. The summed E-state index contributed by atoms with van der Waals surface area (Å²) >= 11 is 6.29. The Bertz CT molecular complexity index is 537. The number of quaternary nitrogens is 1. The highest BCUT2D eigenvalue weighted by Gasteiger charge is 2.31. The van der Waals surface area contributed by atoms with Gasteiger partial charge in [-0.05, 0) is 31.9 Å². The van der Waals surface area contributed by atoms with E-state index in [4.69, 9.17) is 11.6 Å². The van der Waals surface area contributed by atoms with Crippen LogP contribution in [-0.4, -0.2) is 44.2 Å². The highest BCUT2D eigenvalue weighted by Crippen LogP contribution is 2.24. The van der Waals surface area contributed by atoms with E-state index in [0.717, 1.165) is 49.7 Å². The molecule has 1 aliphatic heterocycles. The number of halogens is 1. The molecular weight excluding hydrogens is 310 g/mol. The first-order valence-electron chi connectivity index (χ1n) is 8.79. The fraction of sp³-hybridized carbons (Fsp3) is 0.611. The van der Waals surface area contributed by atoms with Gasteiger partial charge in [-0.15, -0.1) is 0 Å². The Morgan fingerprint density at radius 2 is 1.91 bits per heavy atom. The molecule has 3 rings (SSSR count). The summed E-state index contributed by atoms with van der Waals surface area (Å²) in [5, 5.41) is 4.04. The third-order valence-electron chi connectivity index (χ3n) is 5.31. The first-order chi connectivity index (χ1) is 11.1. The van der Waals surface area contributed by atoms with Crippen LogP contribution in [0.25, 0.3) is 0 Å². The molecule has 23 heavy (non-hydrogen) atoms. The molecule has 0 radical (unpaired) electrons. The van der Waals surface area contributed by atoms with Crippen molar-refractivity contribution < 1.29 is 9.69 Å². The van der Waals surface area contributed by atoms with Crippen molar-refractivity contribution in [2.45, 2.75) is 44.7 Å². The van der Waals surface area contributed by atoms with Gasteiger partial charge in [-0.25, -0.2) is 0 Å². The Labute approximate surface area is 143 Å². The zero-order valence-electron chi connectivity index (χ0n) is 13.9. The summed E-state index contributed by atoms with van der Waals surface area (Å²) in [5.74, 6) is 0.220. The minimum atomic E-state index is 0.0315. The lowest BCUT2D eigenvalue weighted by molar-refractivity contribution is -0.914. The Hall–Kier alpha value is -1.26. The van der Waals surface area contributed by atoms with E-state index in [1.54, 1.807) is 0 Å². The van der Waals surface area contributed by atoms with Crippen molar-refractivity contribution in [2.75, 3.05) is 31.1 Å². The van der Waals surface area contributed by atoms with Crippen LogP contribution in [0.3, 0.4) is 0 Å². The monoisotopic (exact) mass is 336 g/mol. The van der Waals surface area contributed by atoms with E-state index in [-0.39, 0.29) is 11.9 Å². The third kappa shape index (κ3) is 3.99. The topological polar surface area (TPSA) is 36.8 Å². The van der Waals surface area contributed by atoms with Gasteiger partial charge in [0, 0.05) is 6.04 Å². The molecule has 2 N–H and O–H groups in total. The Morgan fingerprint density at radius 3 is 2.57 bits per heavy atom. The van der Waals surface area contributed by atoms with Crippen LogP contribution >= 0.6 is 11.6 Å². The molecular formula is C18H27ClN3O+. The van der Waals surface area contributed by atoms with Gasteiger partial charge in [0.1, 0.15) is 0 Å². The fourth-order valence-electron chi connectivity index (χ4n) is 3.76. The van der Waals surface area contributed by atoms with Crippen molar-refractivity contribution in [1.82, 2.24) is 5.32 Å². The van der Waals surface area contributed by atoms with E-state index < -0.39 is 0 Å². The number of carbonyl (C=O) groups is 1. The minimum Gasteiger partial charge on any atom is -0.359 e. The summed E-state index contributed by atoms with van der Waals surface area (Å²) in [6.07, 6.45) is 4.80. The number of piperazine rings is 1. The van der Waals surface area contributed by atoms with Gasteiger partial charge in [-0.1, -0.05) is 36.6 Å². The number of nitrogens with one attached hydrogen (secondary N) is 2. The number of benzene rings is 1. The number of para-hydroxylation sites is 1. The first-order valence-corrected chi connectivity index (χ1v) is 9.17. The quantitative estimate of drug-likeness (QED) is 0.874. The highest BCUT2D eigenvalue weighted by atomic mass is 35.5. The van der Waals surface area contributed by atoms with Gasteiger partial charge in [0.05, 0.1) is 36.9 Å². The van der Waals surface area contributed by atoms with Gasteiger partial charge in [-0.2, -0.15) is 0 Å². The number of hydrogen-bond donors (Lipinski definition) is 2. The fourth-order valence-corrected chi connectivity index (χ4v) is 4.01. The molecule has 1 heterocycles. The van der Waals surface area contributed by atoms with Crippen molar-refractivity contribution in [2.24, 2.45) is 0 Å². The van der Waals surface area contributed by atoms with E-state index in [1.165, 1.54) is 17.7 Å². The van der Waals surface area contributed by atoms with Gasteiger partial charge in [0.15, 0.2) is 6.04 Å². The van der Waals surface area contributed by atoms with E-state index in [2.05, 4.69) is 23.2 Å². The van der Waals surface area contributed by atoms with Gasteiger partial charge in [0.25, 0.3) is 5.91 Å². The second-order valence-electron chi connectivity index (χ2n) is 6.81. The second kappa shape index (κ2) is 7.54. The zero-order chi connectivity index (χ0) is 16.2. The minimum absolute atomic E-state index is 0.0315. The number of nitrogens with zero attached hydrogens (tertiary/aromatic N) is 1. The van der Waals surface area contributed by atoms with Crippen LogP contribution in [0.1, 0.15) is 32.6 Å². The van der Waals surface area contributed by atoms with Crippen LogP contribution in [0.15, 0.2) is 24.3 Å². The first kappa shape index (κ1) is 16.6.